The van der Waals surface area contributed by atoms with E-state index in [4.69, 9.17) is 9.15 Å². The summed E-state index contributed by atoms with van der Waals surface area (Å²) in [4.78, 5) is 25.8. The molecule has 0 saturated carbocycles. The van der Waals surface area contributed by atoms with Crippen LogP contribution in [0.4, 0.5) is 5.82 Å². The van der Waals surface area contributed by atoms with Crippen molar-refractivity contribution in [2.45, 2.75) is 38.7 Å². The molecule has 3 aromatic rings. The number of benzene rings is 1. The molecule has 0 fully saturated rings. The molecule has 1 atom stereocenters. The van der Waals surface area contributed by atoms with E-state index < -0.39 is 6.10 Å². The average molecular weight is 368 g/mol. The van der Waals surface area contributed by atoms with Gasteiger partial charge in [0.15, 0.2) is 11.9 Å². The number of hydrogen-bond acceptors (Lipinski definition) is 6. The molecule has 2 heterocycles. The second-order valence-electron chi connectivity index (χ2n) is 6.68. The molecule has 1 aliphatic carbocycles. The molecule has 0 saturated heterocycles. The van der Waals surface area contributed by atoms with Gasteiger partial charge in [-0.3, -0.25) is 4.79 Å². The minimum absolute atomic E-state index is 0.275. The predicted molar refractivity (Wildman–Crippen MR) is 98.8 cm³/mol. The number of nitrogens with one attached hydrogen (secondary N) is 1. The van der Waals surface area contributed by atoms with E-state index in [-0.39, 0.29) is 11.5 Å². The molecule has 140 valence electrons. The summed E-state index contributed by atoms with van der Waals surface area (Å²) in [6, 6.07) is 5.35. The number of carbonyl (C=O) groups excluding carboxylic acids is 1. The minimum atomic E-state index is -0.756. The van der Waals surface area contributed by atoms with Crippen LogP contribution in [0.3, 0.4) is 0 Å². The highest BCUT2D eigenvalue weighted by atomic mass is 16.5. The first-order valence-electron chi connectivity index (χ1n) is 8.94. The van der Waals surface area contributed by atoms with Gasteiger partial charge in [-0.05, 0) is 50.3 Å². The van der Waals surface area contributed by atoms with E-state index in [1.807, 2.05) is 6.07 Å². The number of carbonyl (C=O) groups is 1. The van der Waals surface area contributed by atoms with Gasteiger partial charge in [-0.15, -0.1) is 5.10 Å². The van der Waals surface area contributed by atoms with Crippen LogP contribution in [0.5, 0.6) is 5.75 Å². The Labute approximate surface area is 155 Å². The second kappa shape index (κ2) is 6.86. The maximum atomic E-state index is 12.2. The van der Waals surface area contributed by atoms with Gasteiger partial charge in [0, 0.05) is 24.1 Å². The lowest BCUT2D eigenvalue weighted by atomic mass is 9.91. The Morgan fingerprint density at radius 3 is 2.81 bits per heavy atom. The number of aromatic nitrogens is 3. The summed E-state index contributed by atoms with van der Waals surface area (Å²) in [5, 5.41) is 11.5. The molecule has 1 amide bonds. The number of ether oxygens (including phenoxy) is 1. The Bertz CT molecular complexity index is 1070. The smallest absolute Gasteiger partial charge is 0.339 e. The maximum absolute atomic E-state index is 12.2. The van der Waals surface area contributed by atoms with E-state index in [0.717, 1.165) is 42.2 Å². The van der Waals surface area contributed by atoms with E-state index >= 15 is 0 Å². The molecular formula is C19H20N4O4. The van der Waals surface area contributed by atoms with Crippen molar-refractivity contribution >= 4 is 22.7 Å². The van der Waals surface area contributed by atoms with Crippen molar-refractivity contribution in [2.24, 2.45) is 7.05 Å². The fraction of sp³-hybridized carbons (Fsp3) is 0.368. The standard InChI is InChI=1S/C19H20N4O4/c1-11(18(24)21-17-10-20-23(2)22-17)26-12-7-8-14-13-5-3-4-6-15(13)19(25)27-16(14)9-12/h7-11H,3-6H2,1-2H3,(H,21,22,24). The van der Waals surface area contributed by atoms with Crippen LogP contribution < -0.4 is 15.7 Å². The second-order valence-corrected chi connectivity index (χ2v) is 6.68. The van der Waals surface area contributed by atoms with Crippen molar-refractivity contribution in [3.8, 4) is 5.75 Å². The fourth-order valence-corrected chi connectivity index (χ4v) is 3.39. The first kappa shape index (κ1) is 17.3. The van der Waals surface area contributed by atoms with Crippen molar-refractivity contribution in [1.82, 2.24) is 15.0 Å². The van der Waals surface area contributed by atoms with Gasteiger partial charge < -0.3 is 14.5 Å². The third-order valence-electron chi connectivity index (χ3n) is 4.73. The van der Waals surface area contributed by atoms with Gasteiger partial charge in [0.1, 0.15) is 11.3 Å². The highest BCUT2D eigenvalue weighted by Gasteiger charge is 2.20. The summed E-state index contributed by atoms with van der Waals surface area (Å²) in [7, 11) is 1.66. The molecule has 1 aromatic carbocycles. The topological polar surface area (TPSA) is 99.2 Å². The van der Waals surface area contributed by atoms with E-state index in [2.05, 4.69) is 15.5 Å². The van der Waals surface area contributed by atoms with Crippen LogP contribution in [0.25, 0.3) is 11.0 Å². The highest BCUT2D eigenvalue weighted by molar-refractivity contribution is 5.93. The van der Waals surface area contributed by atoms with Crippen molar-refractivity contribution < 1.29 is 13.9 Å². The lowest BCUT2D eigenvalue weighted by Crippen LogP contribution is -2.30. The molecular weight excluding hydrogens is 348 g/mol. The van der Waals surface area contributed by atoms with Crippen molar-refractivity contribution in [1.29, 1.82) is 0 Å². The van der Waals surface area contributed by atoms with Crippen LogP contribution in [0, 0.1) is 0 Å². The lowest BCUT2D eigenvalue weighted by molar-refractivity contribution is -0.122. The van der Waals surface area contributed by atoms with Crippen LogP contribution >= 0.6 is 0 Å². The van der Waals surface area contributed by atoms with Gasteiger partial charge in [-0.1, -0.05) is 0 Å². The summed E-state index contributed by atoms with van der Waals surface area (Å²) in [6.07, 6.45) is 4.44. The van der Waals surface area contributed by atoms with Crippen LogP contribution in [-0.4, -0.2) is 27.0 Å². The van der Waals surface area contributed by atoms with E-state index in [9.17, 15) is 9.59 Å². The molecule has 0 aliphatic heterocycles. The average Bonchev–Trinajstić information content (AvgIpc) is 3.06. The summed E-state index contributed by atoms with van der Waals surface area (Å²) >= 11 is 0. The Morgan fingerprint density at radius 2 is 2.07 bits per heavy atom. The lowest BCUT2D eigenvalue weighted by Gasteiger charge is -2.17. The molecule has 8 nitrogen and oxygen atoms in total. The number of aryl methyl sites for hydroxylation is 2. The molecule has 0 bridgehead atoms. The summed E-state index contributed by atoms with van der Waals surface area (Å²) in [5.41, 5.74) is 2.08. The summed E-state index contributed by atoms with van der Waals surface area (Å²) in [5.74, 6) is 0.472. The molecule has 0 spiro atoms. The fourth-order valence-electron chi connectivity index (χ4n) is 3.39. The highest BCUT2D eigenvalue weighted by Crippen LogP contribution is 2.29. The van der Waals surface area contributed by atoms with Crippen molar-refractivity contribution in [3.05, 3.63) is 45.9 Å². The van der Waals surface area contributed by atoms with Gasteiger partial charge >= 0.3 is 5.63 Å². The monoisotopic (exact) mass is 368 g/mol. The molecule has 0 radical (unpaired) electrons. The van der Waals surface area contributed by atoms with E-state index in [0.29, 0.717) is 17.2 Å². The number of hydrogen-bond donors (Lipinski definition) is 1. The number of amides is 1. The van der Waals surface area contributed by atoms with Crippen LogP contribution in [0.1, 0.15) is 30.9 Å². The van der Waals surface area contributed by atoms with E-state index in [1.165, 1.54) is 11.0 Å². The Balaban J connectivity index is 1.55. The van der Waals surface area contributed by atoms with Gasteiger partial charge in [0.25, 0.3) is 5.91 Å². The van der Waals surface area contributed by atoms with Crippen LogP contribution in [0.2, 0.25) is 0 Å². The first-order valence-corrected chi connectivity index (χ1v) is 8.94. The zero-order valence-electron chi connectivity index (χ0n) is 15.2. The van der Waals surface area contributed by atoms with Gasteiger partial charge in [0.05, 0.1) is 6.20 Å². The van der Waals surface area contributed by atoms with Gasteiger partial charge in [-0.2, -0.15) is 9.90 Å². The van der Waals surface area contributed by atoms with Gasteiger partial charge in [-0.25, -0.2) is 4.79 Å². The normalized spacial score (nSPS) is 14.6. The number of nitrogens with zero attached hydrogens (tertiary/aromatic N) is 3. The molecule has 1 aliphatic rings. The van der Waals surface area contributed by atoms with Crippen LogP contribution in [0.15, 0.2) is 33.6 Å². The summed E-state index contributed by atoms with van der Waals surface area (Å²) in [6.45, 7) is 1.64. The molecule has 27 heavy (non-hydrogen) atoms. The molecule has 1 unspecified atom stereocenters. The summed E-state index contributed by atoms with van der Waals surface area (Å²) < 4.78 is 11.2. The Morgan fingerprint density at radius 1 is 1.30 bits per heavy atom. The molecule has 1 N–H and O–H groups in total. The Hall–Kier alpha value is -3.16. The Kier molecular flexibility index (Phi) is 4.39. The molecule has 8 heteroatoms. The third kappa shape index (κ3) is 3.42. The van der Waals surface area contributed by atoms with Gasteiger partial charge in [0.2, 0.25) is 0 Å². The number of fused-ring (bicyclic) bond motifs is 3. The third-order valence-corrected chi connectivity index (χ3v) is 4.73. The zero-order chi connectivity index (χ0) is 19.0. The van der Waals surface area contributed by atoms with Crippen molar-refractivity contribution in [2.75, 3.05) is 5.32 Å². The van der Waals surface area contributed by atoms with Crippen molar-refractivity contribution in [3.63, 3.8) is 0 Å². The first-order chi connectivity index (χ1) is 13.0. The number of anilines is 1. The quantitative estimate of drug-likeness (QED) is 0.709. The molecule has 2 aromatic heterocycles. The van der Waals surface area contributed by atoms with Crippen LogP contribution in [-0.2, 0) is 24.7 Å². The number of rotatable bonds is 4. The minimum Gasteiger partial charge on any atom is -0.481 e. The van der Waals surface area contributed by atoms with E-state index in [1.54, 1.807) is 26.1 Å². The predicted octanol–water partition coefficient (Wildman–Crippen LogP) is 2.21. The SMILES string of the molecule is CC(Oc1ccc2c3c(c(=O)oc2c1)CCCC3)C(=O)Nc1cnn(C)n1. The largest absolute Gasteiger partial charge is 0.481 e. The maximum Gasteiger partial charge on any atom is 0.339 e. The zero-order valence-corrected chi connectivity index (χ0v) is 15.2. The molecule has 4 rings (SSSR count).